The van der Waals surface area contributed by atoms with Crippen LogP contribution in [0.15, 0.2) is 22.7 Å². The van der Waals surface area contributed by atoms with Crippen molar-refractivity contribution in [2.24, 2.45) is 0 Å². The van der Waals surface area contributed by atoms with Crippen LogP contribution in [0.4, 0.5) is 4.39 Å². The fraction of sp³-hybridized carbons (Fsp3) is 0.500. The molecule has 1 aromatic rings. The van der Waals surface area contributed by atoms with Gasteiger partial charge in [0.25, 0.3) is 5.91 Å². The topological polar surface area (TPSA) is 29.1 Å². The van der Waals surface area contributed by atoms with Gasteiger partial charge in [-0.3, -0.25) is 4.79 Å². The number of nitrogens with one attached hydrogen (secondary N) is 1. The van der Waals surface area contributed by atoms with E-state index >= 15 is 0 Å². The van der Waals surface area contributed by atoms with E-state index < -0.39 is 5.82 Å². The van der Waals surface area contributed by atoms with Crippen LogP contribution in [0.25, 0.3) is 0 Å². The van der Waals surface area contributed by atoms with Gasteiger partial charge in [-0.05, 0) is 47.2 Å². The second kappa shape index (κ2) is 6.75. The first-order chi connectivity index (χ1) is 9.13. The van der Waals surface area contributed by atoms with Crippen LogP contribution in [0.1, 0.15) is 36.0 Å². The molecule has 0 heterocycles. The standard InChI is InChI=1S/C14H17BrFNOS/c1-19-12-8-3-2-7-11(12)17-14(18)13-9(15)5-4-6-10(13)16/h4-6,11-12H,2-3,7-8H2,1H3,(H,17,18). The van der Waals surface area contributed by atoms with Gasteiger partial charge in [0.1, 0.15) is 5.82 Å². The first-order valence-corrected chi connectivity index (χ1v) is 8.49. The van der Waals surface area contributed by atoms with E-state index in [0.29, 0.717) is 9.72 Å². The largest absolute Gasteiger partial charge is 0.348 e. The molecule has 1 amide bonds. The minimum Gasteiger partial charge on any atom is -0.348 e. The van der Waals surface area contributed by atoms with Crippen LogP contribution in [0.5, 0.6) is 0 Å². The molecule has 0 spiro atoms. The molecule has 2 unspecified atom stereocenters. The highest BCUT2D eigenvalue weighted by Gasteiger charge is 2.27. The molecule has 0 saturated heterocycles. The van der Waals surface area contributed by atoms with Crippen molar-refractivity contribution in [3.8, 4) is 0 Å². The Morgan fingerprint density at radius 3 is 2.84 bits per heavy atom. The zero-order chi connectivity index (χ0) is 13.8. The number of carbonyl (C=O) groups excluding carboxylic acids is 1. The van der Waals surface area contributed by atoms with E-state index in [1.807, 2.05) is 0 Å². The van der Waals surface area contributed by atoms with Crippen LogP contribution in [-0.4, -0.2) is 23.5 Å². The second-order valence-corrected chi connectivity index (χ2v) is 6.67. The van der Waals surface area contributed by atoms with E-state index in [1.165, 1.54) is 12.5 Å². The monoisotopic (exact) mass is 345 g/mol. The van der Waals surface area contributed by atoms with E-state index in [-0.39, 0.29) is 17.5 Å². The molecule has 2 rings (SSSR count). The first kappa shape index (κ1) is 14.9. The molecule has 0 aromatic heterocycles. The molecule has 0 aliphatic heterocycles. The number of rotatable bonds is 3. The average molecular weight is 346 g/mol. The van der Waals surface area contributed by atoms with Gasteiger partial charge in [0, 0.05) is 15.8 Å². The Morgan fingerprint density at radius 2 is 2.16 bits per heavy atom. The number of halogens is 2. The van der Waals surface area contributed by atoms with Crippen LogP contribution < -0.4 is 5.32 Å². The summed E-state index contributed by atoms with van der Waals surface area (Å²) in [5.41, 5.74) is 0.105. The molecule has 19 heavy (non-hydrogen) atoms. The zero-order valence-corrected chi connectivity index (χ0v) is 13.2. The van der Waals surface area contributed by atoms with E-state index in [4.69, 9.17) is 0 Å². The summed E-state index contributed by atoms with van der Waals surface area (Å²) in [5, 5.41) is 3.42. The molecule has 0 radical (unpaired) electrons. The van der Waals surface area contributed by atoms with Crippen molar-refractivity contribution in [1.29, 1.82) is 0 Å². The molecular formula is C14H17BrFNOS. The summed E-state index contributed by atoms with van der Waals surface area (Å²) in [4.78, 5) is 12.2. The molecular weight excluding hydrogens is 329 g/mol. The lowest BCUT2D eigenvalue weighted by molar-refractivity contribution is 0.0924. The lowest BCUT2D eigenvalue weighted by atomic mass is 9.94. The minimum atomic E-state index is -0.483. The van der Waals surface area contributed by atoms with Gasteiger partial charge < -0.3 is 5.32 Å². The average Bonchev–Trinajstić information content (AvgIpc) is 2.39. The summed E-state index contributed by atoms with van der Waals surface area (Å²) in [7, 11) is 0. The highest BCUT2D eigenvalue weighted by atomic mass is 79.9. The number of hydrogen-bond donors (Lipinski definition) is 1. The fourth-order valence-corrected chi connectivity index (χ4v) is 3.96. The molecule has 5 heteroatoms. The molecule has 1 aliphatic rings. The lowest BCUT2D eigenvalue weighted by Gasteiger charge is -2.31. The third-order valence-electron chi connectivity index (χ3n) is 3.51. The number of amides is 1. The summed E-state index contributed by atoms with van der Waals surface area (Å²) in [6.45, 7) is 0. The molecule has 1 N–H and O–H groups in total. The van der Waals surface area contributed by atoms with E-state index in [0.717, 1.165) is 19.3 Å². The highest BCUT2D eigenvalue weighted by Crippen LogP contribution is 2.28. The summed E-state index contributed by atoms with van der Waals surface area (Å²) >= 11 is 5.02. The molecule has 2 nitrogen and oxygen atoms in total. The van der Waals surface area contributed by atoms with Crippen molar-refractivity contribution in [2.45, 2.75) is 37.0 Å². The van der Waals surface area contributed by atoms with Gasteiger partial charge in [0.2, 0.25) is 0 Å². The van der Waals surface area contributed by atoms with Gasteiger partial charge in [-0.25, -0.2) is 4.39 Å². The van der Waals surface area contributed by atoms with Crippen molar-refractivity contribution in [2.75, 3.05) is 6.26 Å². The van der Waals surface area contributed by atoms with Gasteiger partial charge in [-0.1, -0.05) is 18.9 Å². The van der Waals surface area contributed by atoms with Crippen molar-refractivity contribution in [3.63, 3.8) is 0 Å². The molecule has 1 fully saturated rings. The minimum absolute atomic E-state index is 0.105. The maximum absolute atomic E-state index is 13.7. The van der Waals surface area contributed by atoms with Crippen molar-refractivity contribution >= 4 is 33.6 Å². The molecule has 2 atom stereocenters. The van der Waals surface area contributed by atoms with Crippen LogP contribution in [-0.2, 0) is 0 Å². The van der Waals surface area contributed by atoms with Gasteiger partial charge >= 0.3 is 0 Å². The Hall–Kier alpha value is -0.550. The van der Waals surface area contributed by atoms with E-state index in [2.05, 4.69) is 27.5 Å². The Kier molecular flexibility index (Phi) is 5.28. The number of thioether (sulfide) groups is 1. The SMILES string of the molecule is CSC1CCCCC1NC(=O)c1c(F)cccc1Br. The molecule has 0 bridgehead atoms. The summed E-state index contributed by atoms with van der Waals surface area (Å²) < 4.78 is 14.2. The first-order valence-electron chi connectivity index (χ1n) is 6.41. The normalized spacial score (nSPS) is 23.1. The Balaban J connectivity index is 2.12. The van der Waals surface area contributed by atoms with E-state index in [1.54, 1.807) is 23.9 Å². The third-order valence-corrected chi connectivity index (χ3v) is 5.34. The third kappa shape index (κ3) is 3.51. The molecule has 1 aliphatic carbocycles. The Morgan fingerprint density at radius 1 is 1.42 bits per heavy atom. The van der Waals surface area contributed by atoms with Crippen LogP contribution in [0, 0.1) is 5.82 Å². The lowest BCUT2D eigenvalue weighted by Crippen LogP contribution is -2.44. The Bertz CT molecular complexity index is 449. The number of hydrogen-bond acceptors (Lipinski definition) is 2. The predicted molar refractivity (Wildman–Crippen MR) is 81.1 cm³/mol. The van der Waals surface area contributed by atoms with Crippen molar-refractivity contribution < 1.29 is 9.18 Å². The maximum atomic E-state index is 13.7. The van der Waals surface area contributed by atoms with Gasteiger partial charge in [-0.15, -0.1) is 0 Å². The second-order valence-electron chi connectivity index (χ2n) is 4.74. The van der Waals surface area contributed by atoms with Gasteiger partial charge in [0.05, 0.1) is 5.56 Å². The smallest absolute Gasteiger partial charge is 0.255 e. The van der Waals surface area contributed by atoms with Gasteiger partial charge in [-0.2, -0.15) is 11.8 Å². The fourth-order valence-electron chi connectivity index (χ4n) is 2.50. The van der Waals surface area contributed by atoms with Crippen LogP contribution in [0.3, 0.4) is 0 Å². The predicted octanol–water partition coefficient (Wildman–Crippen LogP) is 3.99. The molecule has 104 valence electrons. The van der Waals surface area contributed by atoms with Gasteiger partial charge in [0.15, 0.2) is 0 Å². The summed E-state index contributed by atoms with van der Waals surface area (Å²) in [5.74, 6) is -0.806. The van der Waals surface area contributed by atoms with E-state index in [9.17, 15) is 9.18 Å². The number of benzene rings is 1. The quantitative estimate of drug-likeness (QED) is 0.897. The van der Waals surface area contributed by atoms with Crippen LogP contribution in [0.2, 0.25) is 0 Å². The summed E-state index contributed by atoms with van der Waals surface area (Å²) in [6.07, 6.45) is 6.49. The van der Waals surface area contributed by atoms with Crippen LogP contribution >= 0.6 is 27.7 Å². The maximum Gasteiger partial charge on any atom is 0.255 e. The van der Waals surface area contributed by atoms with Crippen molar-refractivity contribution in [1.82, 2.24) is 5.32 Å². The highest BCUT2D eigenvalue weighted by molar-refractivity contribution is 9.10. The number of carbonyl (C=O) groups is 1. The zero-order valence-electron chi connectivity index (χ0n) is 10.8. The van der Waals surface area contributed by atoms with Crippen molar-refractivity contribution in [3.05, 3.63) is 34.1 Å². The molecule has 1 saturated carbocycles. The Labute approximate surface area is 125 Å². The summed E-state index contributed by atoms with van der Waals surface area (Å²) in [6, 6.07) is 4.72. The molecule has 1 aromatic carbocycles.